The Bertz CT molecular complexity index is 790. The van der Waals surface area contributed by atoms with E-state index in [1.54, 1.807) is 0 Å². The van der Waals surface area contributed by atoms with Gasteiger partial charge in [-0.15, -0.1) is 0 Å². The number of nitrogens with zero attached hydrogens (tertiary/aromatic N) is 2. The zero-order valence-corrected chi connectivity index (χ0v) is 13.4. The molecule has 0 aliphatic carbocycles. The number of aromatic nitrogens is 2. The van der Waals surface area contributed by atoms with Gasteiger partial charge in [0, 0.05) is 36.7 Å². The predicted octanol–water partition coefficient (Wildman–Crippen LogP) is 3.56. The van der Waals surface area contributed by atoms with Crippen LogP contribution in [0.1, 0.15) is 17.5 Å². The zero-order valence-electron chi connectivity index (χ0n) is 13.4. The number of fused-ring (bicyclic) bond motifs is 1. The fourth-order valence-electron chi connectivity index (χ4n) is 3.31. The van der Waals surface area contributed by atoms with Crippen molar-refractivity contribution in [3.8, 4) is 0 Å². The maximum Gasteiger partial charge on any atom is 0.0651 e. The van der Waals surface area contributed by atoms with Crippen molar-refractivity contribution in [2.24, 2.45) is 0 Å². The normalized spacial score (nSPS) is 18.6. The molecule has 3 aromatic rings. The molecular weight excluding hydrogens is 284 g/mol. The first-order valence-corrected chi connectivity index (χ1v) is 8.24. The molecule has 0 radical (unpaired) electrons. The molecule has 1 saturated heterocycles. The highest BCUT2D eigenvalue weighted by Crippen LogP contribution is 2.21. The third-order valence-corrected chi connectivity index (χ3v) is 4.61. The topological polar surface area (TPSA) is 44.0 Å². The maximum atomic E-state index is 4.08. The van der Waals surface area contributed by atoms with E-state index >= 15 is 0 Å². The lowest BCUT2D eigenvalue weighted by Gasteiger charge is -2.17. The highest BCUT2D eigenvalue weighted by Gasteiger charge is 2.22. The Kier molecular flexibility index (Phi) is 3.75. The second-order valence-electron chi connectivity index (χ2n) is 6.52. The number of hydrogen-bond acceptors (Lipinski definition) is 3. The number of hydrogen-bond donors (Lipinski definition) is 2. The smallest absolute Gasteiger partial charge is 0.0651 e. The molecular formula is C19H22N4. The number of aromatic amines is 1. The highest BCUT2D eigenvalue weighted by molar-refractivity contribution is 5.81. The molecule has 1 fully saturated rings. The summed E-state index contributed by atoms with van der Waals surface area (Å²) in [6.45, 7) is 5.42. The van der Waals surface area contributed by atoms with Crippen LogP contribution in [0, 0.1) is 6.92 Å². The molecule has 118 valence electrons. The lowest BCUT2D eigenvalue weighted by Crippen LogP contribution is -2.25. The molecule has 1 atom stereocenters. The average Bonchev–Trinajstić information content (AvgIpc) is 3.18. The lowest BCUT2D eigenvalue weighted by atomic mass is 10.1. The number of aryl methyl sites for hydroxylation is 1. The number of benzene rings is 2. The molecule has 1 aliphatic rings. The van der Waals surface area contributed by atoms with Crippen LogP contribution in [0.15, 0.2) is 48.7 Å². The Morgan fingerprint density at radius 2 is 2.09 bits per heavy atom. The van der Waals surface area contributed by atoms with E-state index < -0.39 is 0 Å². The predicted molar refractivity (Wildman–Crippen MR) is 94.6 cm³/mol. The summed E-state index contributed by atoms with van der Waals surface area (Å²) in [4.78, 5) is 2.53. The van der Waals surface area contributed by atoms with Crippen molar-refractivity contribution in [1.82, 2.24) is 15.1 Å². The lowest BCUT2D eigenvalue weighted by molar-refractivity contribution is 0.328. The van der Waals surface area contributed by atoms with Crippen LogP contribution in [0.5, 0.6) is 0 Å². The van der Waals surface area contributed by atoms with Gasteiger partial charge in [0.15, 0.2) is 0 Å². The summed E-state index contributed by atoms with van der Waals surface area (Å²) in [7, 11) is 0. The Balaban J connectivity index is 1.37. The van der Waals surface area contributed by atoms with Gasteiger partial charge in [-0.2, -0.15) is 5.10 Å². The van der Waals surface area contributed by atoms with Gasteiger partial charge in [0.05, 0.1) is 11.7 Å². The number of likely N-dealkylation sites (tertiary alicyclic amines) is 1. The van der Waals surface area contributed by atoms with Gasteiger partial charge in [-0.1, -0.05) is 29.8 Å². The second-order valence-corrected chi connectivity index (χ2v) is 6.52. The first-order chi connectivity index (χ1) is 11.3. The van der Waals surface area contributed by atoms with E-state index in [0.29, 0.717) is 6.04 Å². The number of rotatable bonds is 4. The molecule has 0 saturated carbocycles. The summed E-state index contributed by atoms with van der Waals surface area (Å²) in [6.07, 6.45) is 3.06. The van der Waals surface area contributed by atoms with E-state index in [4.69, 9.17) is 0 Å². The molecule has 23 heavy (non-hydrogen) atoms. The second kappa shape index (κ2) is 6.05. The SMILES string of the molecule is Cc1ccc(CN2CCC(Nc3ccc4[nH]ncc4c3)C2)cc1. The molecule has 1 aromatic heterocycles. The standard InChI is InChI=1S/C19H22N4/c1-14-2-4-15(5-3-14)12-23-9-8-18(13-23)21-17-6-7-19-16(10-17)11-20-22-19/h2-7,10-11,18,21H,8-9,12-13H2,1H3,(H,20,22). The molecule has 0 amide bonds. The van der Waals surface area contributed by atoms with Crippen LogP contribution in [-0.2, 0) is 6.54 Å². The summed E-state index contributed by atoms with van der Waals surface area (Å²) in [6, 6.07) is 15.8. The van der Waals surface area contributed by atoms with Gasteiger partial charge in [0.2, 0.25) is 0 Å². The molecule has 0 spiro atoms. The average molecular weight is 306 g/mol. The Hall–Kier alpha value is -2.33. The van der Waals surface area contributed by atoms with E-state index in [0.717, 1.165) is 30.5 Å². The first kappa shape index (κ1) is 14.3. The minimum Gasteiger partial charge on any atom is -0.381 e. The fourth-order valence-corrected chi connectivity index (χ4v) is 3.31. The summed E-state index contributed by atoms with van der Waals surface area (Å²) in [5.74, 6) is 0. The molecule has 0 bridgehead atoms. The van der Waals surface area contributed by atoms with Crippen LogP contribution >= 0.6 is 0 Å². The third kappa shape index (κ3) is 3.22. The molecule has 4 heteroatoms. The maximum absolute atomic E-state index is 4.08. The van der Waals surface area contributed by atoms with E-state index in [9.17, 15) is 0 Å². The van der Waals surface area contributed by atoms with E-state index in [-0.39, 0.29) is 0 Å². The minimum absolute atomic E-state index is 0.518. The van der Waals surface area contributed by atoms with E-state index in [1.165, 1.54) is 23.2 Å². The van der Waals surface area contributed by atoms with Crippen molar-refractivity contribution >= 4 is 16.6 Å². The van der Waals surface area contributed by atoms with E-state index in [1.807, 2.05) is 6.20 Å². The van der Waals surface area contributed by atoms with Crippen LogP contribution in [0.2, 0.25) is 0 Å². The van der Waals surface area contributed by atoms with Crippen molar-refractivity contribution in [2.75, 3.05) is 18.4 Å². The highest BCUT2D eigenvalue weighted by atomic mass is 15.2. The zero-order chi connectivity index (χ0) is 15.6. The van der Waals surface area contributed by atoms with Crippen LogP contribution in [0.4, 0.5) is 5.69 Å². The summed E-state index contributed by atoms with van der Waals surface area (Å²) >= 11 is 0. The molecule has 2 N–H and O–H groups in total. The van der Waals surface area contributed by atoms with Gasteiger partial charge >= 0.3 is 0 Å². The molecule has 4 nitrogen and oxygen atoms in total. The molecule has 2 heterocycles. The molecule has 1 aliphatic heterocycles. The van der Waals surface area contributed by atoms with Crippen molar-refractivity contribution in [1.29, 1.82) is 0 Å². The summed E-state index contributed by atoms with van der Waals surface area (Å²) in [5.41, 5.74) is 4.99. The molecule has 4 rings (SSSR count). The first-order valence-electron chi connectivity index (χ1n) is 8.24. The van der Waals surface area contributed by atoms with Gasteiger partial charge in [-0.05, 0) is 37.1 Å². The largest absolute Gasteiger partial charge is 0.381 e. The summed E-state index contributed by atoms with van der Waals surface area (Å²) < 4.78 is 0. The van der Waals surface area contributed by atoms with Crippen molar-refractivity contribution < 1.29 is 0 Å². The number of anilines is 1. The van der Waals surface area contributed by atoms with Gasteiger partial charge in [-0.3, -0.25) is 10.00 Å². The van der Waals surface area contributed by atoms with Crippen LogP contribution < -0.4 is 5.32 Å². The van der Waals surface area contributed by atoms with Gasteiger partial charge in [-0.25, -0.2) is 0 Å². The van der Waals surface area contributed by atoms with Crippen molar-refractivity contribution in [3.05, 3.63) is 59.8 Å². The van der Waals surface area contributed by atoms with Crippen molar-refractivity contribution in [2.45, 2.75) is 25.9 Å². The Morgan fingerprint density at radius 1 is 1.22 bits per heavy atom. The Labute approximate surface area is 136 Å². The molecule has 2 aromatic carbocycles. The van der Waals surface area contributed by atoms with Crippen LogP contribution in [0.3, 0.4) is 0 Å². The number of H-pyrrole nitrogens is 1. The Morgan fingerprint density at radius 3 is 2.96 bits per heavy atom. The number of nitrogens with one attached hydrogen (secondary N) is 2. The quantitative estimate of drug-likeness (QED) is 0.774. The van der Waals surface area contributed by atoms with Gasteiger partial charge in [0.25, 0.3) is 0 Å². The molecule has 1 unspecified atom stereocenters. The van der Waals surface area contributed by atoms with Gasteiger partial charge in [0.1, 0.15) is 0 Å². The van der Waals surface area contributed by atoms with E-state index in [2.05, 4.69) is 69.8 Å². The van der Waals surface area contributed by atoms with Crippen LogP contribution in [0.25, 0.3) is 10.9 Å². The van der Waals surface area contributed by atoms with Crippen LogP contribution in [-0.4, -0.2) is 34.2 Å². The fraction of sp³-hybridized carbons (Fsp3) is 0.316. The van der Waals surface area contributed by atoms with Gasteiger partial charge < -0.3 is 5.32 Å². The van der Waals surface area contributed by atoms with Crippen molar-refractivity contribution in [3.63, 3.8) is 0 Å². The third-order valence-electron chi connectivity index (χ3n) is 4.61. The summed E-state index contributed by atoms with van der Waals surface area (Å²) in [5, 5.41) is 11.9. The monoisotopic (exact) mass is 306 g/mol. The minimum atomic E-state index is 0.518.